The van der Waals surface area contributed by atoms with Crippen molar-refractivity contribution in [3.8, 4) is 11.5 Å². The third-order valence-electron chi connectivity index (χ3n) is 6.52. The second kappa shape index (κ2) is 11.9. The smallest absolute Gasteiger partial charge is 0.410 e. The van der Waals surface area contributed by atoms with E-state index >= 15 is 0 Å². The van der Waals surface area contributed by atoms with E-state index in [1.165, 1.54) is 24.5 Å². The molecule has 0 unspecified atom stereocenters. The molecule has 0 spiro atoms. The van der Waals surface area contributed by atoms with Crippen molar-refractivity contribution in [2.45, 2.75) is 38.5 Å². The van der Waals surface area contributed by atoms with Crippen LogP contribution in [0.15, 0.2) is 71.3 Å². The Balaban J connectivity index is 1.43. The molecule has 0 radical (unpaired) electrons. The molecule has 0 aliphatic carbocycles. The standard InChI is InChI=1S/C29H28F3N5O5/c1-3-40-23-14-19(24(41-4-2)13-18(23)34-27(38)17-9-6-5-7-10-17)35-28(39)21-16-26-33-20(22-11-8-12-42-22)15-25(29(30,31)32)37(26)36-21/h5-14,16,20,25,33H,3-4,15H2,1-2H3,(H,34,38)(H,35,39)/t20-,25-/m0/s1. The minimum atomic E-state index is -4.62. The van der Waals surface area contributed by atoms with Gasteiger partial charge in [0, 0.05) is 30.2 Å². The number of rotatable bonds is 9. The molecule has 2 aromatic carbocycles. The Morgan fingerprint density at radius 1 is 0.976 bits per heavy atom. The van der Waals surface area contributed by atoms with Crippen LogP contribution in [0, 0.1) is 0 Å². The van der Waals surface area contributed by atoms with Crippen LogP contribution in [-0.2, 0) is 0 Å². The summed E-state index contributed by atoms with van der Waals surface area (Å²) in [5, 5.41) is 12.4. The van der Waals surface area contributed by atoms with E-state index in [-0.39, 0.29) is 54.2 Å². The van der Waals surface area contributed by atoms with Gasteiger partial charge in [0.2, 0.25) is 0 Å². The van der Waals surface area contributed by atoms with Gasteiger partial charge in [0.1, 0.15) is 23.1 Å². The molecule has 3 N–H and O–H groups in total. The maximum atomic E-state index is 14.0. The number of fused-ring (bicyclic) bond motifs is 1. The minimum Gasteiger partial charge on any atom is -0.492 e. The number of anilines is 3. The van der Waals surface area contributed by atoms with E-state index in [0.29, 0.717) is 17.0 Å². The van der Waals surface area contributed by atoms with E-state index in [0.717, 1.165) is 4.68 Å². The van der Waals surface area contributed by atoms with Crippen LogP contribution in [0.3, 0.4) is 0 Å². The molecule has 0 fully saturated rings. The highest BCUT2D eigenvalue weighted by atomic mass is 19.4. The number of furan rings is 1. The van der Waals surface area contributed by atoms with Gasteiger partial charge in [-0.2, -0.15) is 18.3 Å². The first kappa shape index (κ1) is 28.6. The highest BCUT2D eigenvalue weighted by Gasteiger charge is 2.47. The molecule has 1 aliphatic rings. The van der Waals surface area contributed by atoms with E-state index in [9.17, 15) is 22.8 Å². The van der Waals surface area contributed by atoms with Gasteiger partial charge in [0.05, 0.1) is 36.9 Å². The maximum Gasteiger partial charge on any atom is 0.410 e. The summed E-state index contributed by atoms with van der Waals surface area (Å²) in [6.45, 7) is 3.98. The van der Waals surface area contributed by atoms with Gasteiger partial charge < -0.3 is 29.8 Å². The normalized spacial score (nSPS) is 16.2. The fraction of sp³-hybridized carbons (Fsp3) is 0.276. The van der Waals surface area contributed by atoms with Crippen LogP contribution in [0.4, 0.5) is 30.4 Å². The number of aromatic nitrogens is 2. The lowest BCUT2D eigenvalue weighted by molar-refractivity contribution is -0.174. The van der Waals surface area contributed by atoms with Crippen LogP contribution in [0.2, 0.25) is 0 Å². The van der Waals surface area contributed by atoms with Crippen molar-refractivity contribution >= 4 is 29.0 Å². The molecule has 0 saturated heterocycles. The number of hydrogen-bond acceptors (Lipinski definition) is 7. The molecule has 42 heavy (non-hydrogen) atoms. The van der Waals surface area contributed by atoms with E-state index in [4.69, 9.17) is 13.9 Å². The highest BCUT2D eigenvalue weighted by Crippen LogP contribution is 2.44. The number of carbonyl (C=O) groups is 2. The molecule has 220 valence electrons. The van der Waals surface area contributed by atoms with Crippen LogP contribution < -0.4 is 25.4 Å². The van der Waals surface area contributed by atoms with Crippen molar-refractivity contribution in [3.63, 3.8) is 0 Å². The summed E-state index contributed by atoms with van der Waals surface area (Å²) in [4.78, 5) is 26.1. The predicted octanol–water partition coefficient (Wildman–Crippen LogP) is 6.44. The number of amides is 2. The van der Waals surface area contributed by atoms with Crippen LogP contribution in [-0.4, -0.2) is 41.0 Å². The third kappa shape index (κ3) is 6.04. The number of alkyl halides is 3. The third-order valence-corrected chi connectivity index (χ3v) is 6.52. The van der Waals surface area contributed by atoms with Gasteiger partial charge >= 0.3 is 6.18 Å². The van der Waals surface area contributed by atoms with Gasteiger partial charge in [0.25, 0.3) is 11.8 Å². The Morgan fingerprint density at radius 2 is 1.62 bits per heavy atom. The molecule has 2 amide bonds. The lowest BCUT2D eigenvalue weighted by Gasteiger charge is -2.32. The highest BCUT2D eigenvalue weighted by molar-refractivity contribution is 6.07. The molecular formula is C29H28F3N5O5. The van der Waals surface area contributed by atoms with E-state index in [1.54, 1.807) is 56.3 Å². The number of ether oxygens (including phenoxy) is 2. The SMILES string of the molecule is CCOc1cc(NC(=O)c2cc3n(n2)[C@H](C(F)(F)F)C[C@@H](c2ccco2)N3)c(OCC)cc1NC(=O)c1ccccc1. The number of carbonyl (C=O) groups excluding carboxylic acids is 2. The minimum absolute atomic E-state index is 0.0223. The summed E-state index contributed by atoms with van der Waals surface area (Å²) in [6, 6.07) is 13.3. The zero-order valence-corrected chi connectivity index (χ0v) is 22.7. The first-order valence-corrected chi connectivity index (χ1v) is 13.3. The van der Waals surface area contributed by atoms with Crippen molar-refractivity contribution < 1.29 is 36.7 Å². The first-order valence-electron chi connectivity index (χ1n) is 13.3. The zero-order chi connectivity index (χ0) is 29.9. The molecule has 0 saturated carbocycles. The van der Waals surface area contributed by atoms with Gasteiger partial charge in [-0.25, -0.2) is 4.68 Å². The van der Waals surface area contributed by atoms with E-state index in [1.807, 2.05) is 0 Å². The summed E-state index contributed by atoms with van der Waals surface area (Å²) >= 11 is 0. The van der Waals surface area contributed by atoms with Crippen LogP contribution in [0.5, 0.6) is 11.5 Å². The fourth-order valence-electron chi connectivity index (χ4n) is 4.64. The van der Waals surface area contributed by atoms with Gasteiger partial charge in [0.15, 0.2) is 11.7 Å². The maximum absolute atomic E-state index is 14.0. The van der Waals surface area contributed by atoms with Crippen LogP contribution in [0.1, 0.15) is 59.0 Å². The van der Waals surface area contributed by atoms with Gasteiger partial charge in [-0.15, -0.1) is 0 Å². The summed E-state index contributed by atoms with van der Waals surface area (Å²) < 4.78 is 59.5. The lowest BCUT2D eigenvalue weighted by atomic mass is 10.0. The predicted molar refractivity (Wildman–Crippen MR) is 148 cm³/mol. The first-order chi connectivity index (χ1) is 20.2. The zero-order valence-electron chi connectivity index (χ0n) is 22.7. The molecule has 0 bridgehead atoms. The Morgan fingerprint density at radius 3 is 2.19 bits per heavy atom. The van der Waals surface area contributed by atoms with Crippen molar-refractivity contribution in [2.24, 2.45) is 0 Å². The molecule has 2 aromatic heterocycles. The van der Waals surface area contributed by atoms with Crippen LogP contribution in [0.25, 0.3) is 0 Å². The number of nitrogens with zero attached hydrogens (tertiary/aromatic N) is 2. The van der Waals surface area contributed by atoms with Crippen LogP contribution >= 0.6 is 0 Å². The van der Waals surface area contributed by atoms with Gasteiger partial charge in [-0.3, -0.25) is 9.59 Å². The molecule has 13 heteroatoms. The number of nitrogens with one attached hydrogen (secondary N) is 3. The van der Waals surface area contributed by atoms with Crippen molar-refractivity contribution in [2.75, 3.05) is 29.2 Å². The molecule has 2 atom stereocenters. The monoisotopic (exact) mass is 583 g/mol. The Bertz CT molecular complexity index is 1550. The molecule has 1 aliphatic heterocycles. The van der Waals surface area contributed by atoms with Gasteiger partial charge in [-0.1, -0.05) is 18.2 Å². The molecular weight excluding hydrogens is 555 g/mol. The Kier molecular flexibility index (Phi) is 8.09. The van der Waals surface area contributed by atoms with E-state index < -0.39 is 24.2 Å². The molecule has 3 heterocycles. The Labute approximate surface area is 238 Å². The Hall–Kier alpha value is -4.94. The lowest BCUT2D eigenvalue weighted by Crippen LogP contribution is -2.35. The number of halogens is 3. The van der Waals surface area contributed by atoms with Gasteiger partial charge in [-0.05, 0) is 38.1 Å². The van der Waals surface area contributed by atoms with E-state index in [2.05, 4.69) is 21.0 Å². The second-order valence-electron chi connectivity index (χ2n) is 9.35. The average Bonchev–Trinajstić information content (AvgIpc) is 3.65. The summed E-state index contributed by atoms with van der Waals surface area (Å²) in [6.07, 6.45) is -3.60. The second-order valence-corrected chi connectivity index (χ2v) is 9.35. The molecule has 5 rings (SSSR count). The quantitative estimate of drug-likeness (QED) is 0.208. The molecule has 10 nitrogen and oxygen atoms in total. The fourth-order valence-corrected chi connectivity index (χ4v) is 4.64. The summed E-state index contributed by atoms with van der Waals surface area (Å²) in [5.74, 6) is -0.311. The number of hydrogen-bond donors (Lipinski definition) is 3. The molecule has 4 aromatic rings. The average molecular weight is 584 g/mol. The summed E-state index contributed by atoms with van der Waals surface area (Å²) in [5.41, 5.74) is 0.682. The largest absolute Gasteiger partial charge is 0.492 e. The van der Waals surface area contributed by atoms with Crippen molar-refractivity contribution in [1.29, 1.82) is 0 Å². The summed E-state index contributed by atoms with van der Waals surface area (Å²) in [7, 11) is 0. The number of benzene rings is 2. The topological polar surface area (TPSA) is 120 Å². The van der Waals surface area contributed by atoms with Crippen molar-refractivity contribution in [3.05, 3.63) is 83.9 Å². The van der Waals surface area contributed by atoms with Crippen molar-refractivity contribution in [1.82, 2.24) is 9.78 Å².